The number of aromatic nitrogens is 3. The van der Waals surface area contributed by atoms with Gasteiger partial charge in [-0.05, 0) is 24.6 Å². The lowest BCUT2D eigenvalue weighted by Crippen LogP contribution is -2.07. The Kier molecular flexibility index (Phi) is 5.58. The topological polar surface area (TPSA) is 72.0 Å². The summed E-state index contributed by atoms with van der Waals surface area (Å²) in [6.45, 7) is 2.56. The lowest BCUT2D eigenvalue weighted by molar-refractivity contribution is 0.292. The molecule has 0 amide bonds. The van der Waals surface area contributed by atoms with E-state index in [1.54, 1.807) is 13.1 Å². The van der Waals surface area contributed by atoms with Gasteiger partial charge in [0.15, 0.2) is 0 Å². The van der Waals surface area contributed by atoms with Gasteiger partial charge in [-0.15, -0.1) is 0 Å². The molecule has 1 aromatic heterocycles. The van der Waals surface area contributed by atoms with Crippen LogP contribution in [-0.2, 0) is 0 Å². The largest absolute Gasteiger partial charge is 0.463 e. The number of rotatable bonds is 6. The molecule has 0 aliphatic heterocycles. The van der Waals surface area contributed by atoms with Gasteiger partial charge in [-0.3, -0.25) is 0 Å². The molecule has 0 spiro atoms. The summed E-state index contributed by atoms with van der Waals surface area (Å²) in [5, 5.41) is 6.49. The summed E-state index contributed by atoms with van der Waals surface area (Å²) in [7, 11) is 1.73. The number of ether oxygens (including phenoxy) is 1. The van der Waals surface area contributed by atoms with Crippen LogP contribution < -0.4 is 15.4 Å². The summed E-state index contributed by atoms with van der Waals surface area (Å²) in [4.78, 5) is 12.6. The van der Waals surface area contributed by atoms with E-state index in [2.05, 4.69) is 41.5 Å². The highest BCUT2D eigenvalue weighted by Crippen LogP contribution is 2.27. The molecule has 2 aromatic rings. The maximum atomic E-state index is 6.17. The van der Waals surface area contributed by atoms with Gasteiger partial charge in [0.2, 0.25) is 11.9 Å². The molecule has 1 heterocycles. The fourth-order valence-corrected chi connectivity index (χ4v) is 2.21. The van der Waals surface area contributed by atoms with Crippen LogP contribution in [0.4, 0.5) is 17.6 Å². The van der Waals surface area contributed by atoms with Gasteiger partial charge in [-0.1, -0.05) is 34.5 Å². The van der Waals surface area contributed by atoms with Crippen LogP contribution in [0.3, 0.4) is 0 Å². The van der Waals surface area contributed by atoms with Crippen molar-refractivity contribution in [2.24, 2.45) is 0 Å². The average Bonchev–Trinajstić information content (AvgIpc) is 2.48. The first-order chi connectivity index (χ1) is 10.1. The van der Waals surface area contributed by atoms with Gasteiger partial charge in [-0.2, -0.15) is 15.0 Å². The van der Waals surface area contributed by atoms with Gasteiger partial charge in [0, 0.05) is 11.5 Å². The molecule has 0 aliphatic rings. The molecular weight excluding hydrogens is 358 g/mol. The van der Waals surface area contributed by atoms with Crippen molar-refractivity contribution in [2.45, 2.75) is 13.3 Å². The maximum Gasteiger partial charge on any atom is 0.323 e. The van der Waals surface area contributed by atoms with Crippen LogP contribution in [0, 0.1) is 0 Å². The SMILES string of the molecule is CCCOc1nc(NC)nc(Nc2ccc(Br)cc2Cl)n1. The summed E-state index contributed by atoms with van der Waals surface area (Å²) < 4.78 is 6.34. The molecule has 2 N–H and O–H groups in total. The summed E-state index contributed by atoms with van der Waals surface area (Å²) in [5.41, 5.74) is 0.703. The van der Waals surface area contributed by atoms with E-state index in [0.29, 0.717) is 29.2 Å². The van der Waals surface area contributed by atoms with Crippen LogP contribution in [0.15, 0.2) is 22.7 Å². The molecule has 21 heavy (non-hydrogen) atoms. The van der Waals surface area contributed by atoms with Crippen LogP contribution in [0.2, 0.25) is 5.02 Å². The van der Waals surface area contributed by atoms with E-state index >= 15 is 0 Å². The zero-order chi connectivity index (χ0) is 15.2. The van der Waals surface area contributed by atoms with Crippen molar-refractivity contribution in [3.63, 3.8) is 0 Å². The molecule has 0 unspecified atom stereocenters. The van der Waals surface area contributed by atoms with Crippen LogP contribution in [0.1, 0.15) is 13.3 Å². The Bertz CT molecular complexity index is 626. The summed E-state index contributed by atoms with van der Waals surface area (Å²) in [6, 6.07) is 5.77. The molecule has 0 radical (unpaired) electrons. The highest BCUT2D eigenvalue weighted by molar-refractivity contribution is 9.10. The minimum absolute atomic E-state index is 0.270. The van der Waals surface area contributed by atoms with Gasteiger partial charge in [0.25, 0.3) is 0 Å². The Balaban J connectivity index is 2.25. The van der Waals surface area contributed by atoms with Gasteiger partial charge in [0.1, 0.15) is 0 Å². The molecule has 0 bridgehead atoms. The monoisotopic (exact) mass is 371 g/mol. The average molecular weight is 373 g/mol. The normalized spacial score (nSPS) is 10.3. The molecule has 0 aliphatic carbocycles. The van der Waals surface area contributed by atoms with E-state index in [4.69, 9.17) is 16.3 Å². The first-order valence-electron chi connectivity index (χ1n) is 6.41. The highest BCUT2D eigenvalue weighted by Gasteiger charge is 2.09. The second-order valence-corrected chi connectivity index (χ2v) is 5.44. The smallest absolute Gasteiger partial charge is 0.323 e. The second-order valence-electron chi connectivity index (χ2n) is 4.11. The number of anilines is 3. The van der Waals surface area contributed by atoms with Crippen molar-refractivity contribution >= 4 is 45.1 Å². The predicted octanol–water partition coefficient (Wildman–Crippen LogP) is 3.86. The number of hydrogen-bond donors (Lipinski definition) is 2. The molecular formula is C13H15BrClN5O. The summed E-state index contributed by atoms with van der Waals surface area (Å²) >= 11 is 9.53. The van der Waals surface area contributed by atoms with Crippen LogP contribution in [-0.4, -0.2) is 28.6 Å². The molecule has 0 saturated carbocycles. The number of halogens is 2. The van der Waals surface area contributed by atoms with Gasteiger partial charge in [-0.25, -0.2) is 0 Å². The van der Waals surface area contributed by atoms with E-state index in [-0.39, 0.29) is 6.01 Å². The van der Waals surface area contributed by atoms with E-state index in [9.17, 15) is 0 Å². The third-order valence-corrected chi connectivity index (χ3v) is 3.26. The number of nitrogens with one attached hydrogen (secondary N) is 2. The quantitative estimate of drug-likeness (QED) is 0.802. The van der Waals surface area contributed by atoms with Crippen LogP contribution in [0.25, 0.3) is 0 Å². The van der Waals surface area contributed by atoms with Crippen molar-refractivity contribution in [1.82, 2.24) is 15.0 Å². The van der Waals surface area contributed by atoms with Gasteiger partial charge in [0.05, 0.1) is 17.3 Å². The number of nitrogens with zero attached hydrogens (tertiary/aromatic N) is 3. The minimum atomic E-state index is 0.270. The zero-order valence-corrected chi connectivity index (χ0v) is 14.0. The molecule has 112 valence electrons. The van der Waals surface area contributed by atoms with E-state index < -0.39 is 0 Å². The first kappa shape index (κ1) is 15.8. The van der Waals surface area contributed by atoms with Gasteiger partial charge >= 0.3 is 6.01 Å². The Morgan fingerprint density at radius 2 is 2.00 bits per heavy atom. The standard InChI is InChI=1S/C13H15BrClN5O/c1-3-6-21-13-19-11(16-2)18-12(20-13)17-10-5-4-8(14)7-9(10)15/h4-5,7H,3,6H2,1-2H3,(H2,16,17,18,19,20). The molecule has 8 heteroatoms. The zero-order valence-electron chi connectivity index (χ0n) is 11.7. The third-order valence-electron chi connectivity index (χ3n) is 2.45. The maximum absolute atomic E-state index is 6.17. The Hall–Kier alpha value is -1.60. The molecule has 0 fully saturated rings. The first-order valence-corrected chi connectivity index (χ1v) is 7.58. The Morgan fingerprint density at radius 1 is 1.24 bits per heavy atom. The van der Waals surface area contributed by atoms with Crippen molar-refractivity contribution in [3.8, 4) is 6.01 Å². The van der Waals surface area contributed by atoms with Crippen molar-refractivity contribution in [1.29, 1.82) is 0 Å². The van der Waals surface area contributed by atoms with Crippen LogP contribution >= 0.6 is 27.5 Å². The lowest BCUT2D eigenvalue weighted by atomic mass is 10.3. The summed E-state index contributed by atoms with van der Waals surface area (Å²) in [5.74, 6) is 0.788. The van der Waals surface area contributed by atoms with Gasteiger partial charge < -0.3 is 15.4 Å². The number of hydrogen-bond acceptors (Lipinski definition) is 6. The number of benzene rings is 1. The Labute approximate surface area is 136 Å². The van der Waals surface area contributed by atoms with Crippen LogP contribution in [0.5, 0.6) is 6.01 Å². The van der Waals surface area contributed by atoms with E-state index in [0.717, 1.165) is 10.9 Å². The lowest BCUT2D eigenvalue weighted by Gasteiger charge is -2.10. The fourth-order valence-electron chi connectivity index (χ4n) is 1.49. The van der Waals surface area contributed by atoms with E-state index in [1.807, 2.05) is 19.1 Å². The molecule has 0 saturated heterocycles. The molecule has 2 rings (SSSR count). The highest BCUT2D eigenvalue weighted by atomic mass is 79.9. The Morgan fingerprint density at radius 3 is 2.67 bits per heavy atom. The fraction of sp³-hybridized carbons (Fsp3) is 0.308. The molecule has 6 nitrogen and oxygen atoms in total. The summed E-state index contributed by atoms with van der Waals surface area (Å²) in [6.07, 6.45) is 0.877. The predicted molar refractivity (Wildman–Crippen MR) is 87.6 cm³/mol. The molecule has 0 atom stereocenters. The minimum Gasteiger partial charge on any atom is -0.463 e. The molecule has 1 aromatic carbocycles. The van der Waals surface area contributed by atoms with E-state index in [1.165, 1.54) is 0 Å². The third kappa shape index (κ3) is 4.44. The van der Waals surface area contributed by atoms with Crippen molar-refractivity contribution in [2.75, 3.05) is 24.3 Å². The van der Waals surface area contributed by atoms with Crippen molar-refractivity contribution < 1.29 is 4.74 Å². The van der Waals surface area contributed by atoms with Crippen molar-refractivity contribution in [3.05, 3.63) is 27.7 Å². The second kappa shape index (κ2) is 7.42.